The van der Waals surface area contributed by atoms with Crippen molar-refractivity contribution in [2.75, 3.05) is 4.90 Å². The zero-order valence-electron chi connectivity index (χ0n) is 9.11. The third-order valence-electron chi connectivity index (χ3n) is 2.70. The van der Waals surface area contributed by atoms with Gasteiger partial charge in [-0.1, -0.05) is 0 Å². The van der Waals surface area contributed by atoms with Crippen LogP contribution in [-0.4, -0.2) is 28.8 Å². The second-order valence-electron chi connectivity index (χ2n) is 3.77. The van der Waals surface area contributed by atoms with E-state index in [1.807, 2.05) is 0 Å². The maximum Gasteiger partial charge on any atom is 0.326 e. The molecule has 0 spiro atoms. The van der Waals surface area contributed by atoms with Crippen LogP contribution in [0.3, 0.4) is 0 Å². The van der Waals surface area contributed by atoms with Crippen molar-refractivity contribution in [3.8, 4) is 0 Å². The average Bonchev–Trinajstić information content (AvgIpc) is 2.58. The maximum absolute atomic E-state index is 13.6. The van der Waals surface area contributed by atoms with Crippen LogP contribution in [0.2, 0.25) is 0 Å². The molecule has 5 nitrogen and oxygen atoms in total. The zero-order chi connectivity index (χ0) is 13.6. The van der Waals surface area contributed by atoms with Crippen LogP contribution in [0.25, 0.3) is 0 Å². The number of rotatable bonds is 2. The van der Waals surface area contributed by atoms with Crippen molar-refractivity contribution in [1.29, 1.82) is 0 Å². The van der Waals surface area contributed by atoms with Crippen molar-refractivity contribution in [3.63, 3.8) is 0 Å². The fourth-order valence-electron chi connectivity index (χ4n) is 1.79. The van der Waals surface area contributed by atoms with E-state index in [9.17, 15) is 23.2 Å². The molecule has 0 aliphatic carbocycles. The first kappa shape index (κ1) is 12.2. The smallest absolute Gasteiger partial charge is 0.326 e. The average molecular weight is 255 g/mol. The Hall–Kier alpha value is -2.31. The summed E-state index contributed by atoms with van der Waals surface area (Å²) in [5, 5.41) is 8.81. The molecule has 18 heavy (non-hydrogen) atoms. The van der Waals surface area contributed by atoms with Gasteiger partial charge in [0.05, 0.1) is 11.3 Å². The molecular formula is C11H7F2NO4. The van der Waals surface area contributed by atoms with Crippen LogP contribution in [0.5, 0.6) is 0 Å². The van der Waals surface area contributed by atoms with Gasteiger partial charge in [-0.05, 0) is 19.1 Å². The number of fused-ring (bicyclic) bond motifs is 1. The lowest BCUT2D eigenvalue weighted by Crippen LogP contribution is -2.42. The van der Waals surface area contributed by atoms with E-state index >= 15 is 0 Å². The molecule has 94 valence electrons. The number of anilines is 1. The standard InChI is InChI=1S/C11H7F2NO4/c1-4(11(17)18)14-8-6(13)3-2-5(12)7(8)9(15)10(14)16/h2-4H,1H3,(H,17,18). The number of hydrogen-bond donors (Lipinski definition) is 1. The first-order valence-corrected chi connectivity index (χ1v) is 4.95. The number of amides is 1. The summed E-state index contributed by atoms with van der Waals surface area (Å²) < 4.78 is 27.0. The summed E-state index contributed by atoms with van der Waals surface area (Å²) in [6.07, 6.45) is 0. The summed E-state index contributed by atoms with van der Waals surface area (Å²) in [6, 6.07) is -0.00500. The first-order valence-electron chi connectivity index (χ1n) is 4.95. The molecule has 1 unspecified atom stereocenters. The molecule has 0 bridgehead atoms. The van der Waals surface area contributed by atoms with Gasteiger partial charge in [0.2, 0.25) is 0 Å². The third kappa shape index (κ3) is 1.47. The van der Waals surface area contributed by atoms with E-state index in [0.717, 1.165) is 13.0 Å². The van der Waals surface area contributed by atoms with Gasteiger partial charge < -0.3 is 5.11 Å². The second-order valence-corrected chi connectivity index (χ2v) is 3.77. The molecule has 1 aromatic carbocycles. The molecule has 0 saturated carbocycles. The van der Waals surface area contributed by atoms with Gasteiger partial charge in [0, 0.05) is 0 Å². The summed E-state index contributed by atoms with van der Waals surface area (Å²) >= 11 is 0. The molecule has 1 aromatic rings. The lowest BCUT2D eigenvalue weighted by molar-refractivity contribution is -0.139. The van der Waals surface area contributed by atoms with Crippen molar-refractivity contribution in [2.24, 2.45) is 0 Å². The van der Waals surface area contributed by atoms with Crippen LogP contribution in [0, 0.1) is 11.6 Å². The van der Waals surface area contributed by atoms with Crippen molar-refractivity contribution in [3.05, 3.63) is 29.3 Å². The zero-order valence-corrected chi connectivity index (χ0v) is 9.11. The summed E-state index contributed by atoms with van der Waals surface area (Å²) in [6.45, 7) is 1.10. The second kappa shape index (κ2) is 3.86. The lowest BCUT2D eigenvalue weighted by Gasteiger charge is -2.21. The van der Waals surface area contributed by atoms with E-state index in [-0.39, 0.29) is 0 Å². The molecule has 2 rings (SSSR count). The fourth-order valence-corrected chi connectivity index (χ4v) is 1.79. The number of nitrogens with zero attached hydrogens (tertiary/aromatic N) is 1. The van der Waals surface area contributed by atoms with Crippen LogP contribution in [0.4, 0.5) is 14.5 Å². The molecule has 1 aliphatic heterocycles. The molecule has 1 heterocycles. The highest BCUT2D eigenvalue weighted by molar-refractivity contribution is 6.52. The number of ketones is 1. The predicted molar refractivity (Wildman–Crippen MR) is 55.3 cm³/mol. The van der Waals surface area contributed by atoms with Crippen molar-refractivity contribution >= 4 is 23.3 Å². The van der Waals surface area contributed by atoms with Gasteiger partial charge in [-0.2, -0.15) is 0 Å². The number of carbonyl (C=O) groups excluding carboxylic acids is 2. The molecule has 7 heteroatoms. The van der Waals surface area contributed by atoms with E-state index in [2.05, 4.69) is 0 Å². The Kier molecular flexibility index (Phi) is 2.61. The van der Waals surface area contributed by atoms with E-state index in [1.54, 1.807) is 0 Å². The SMILES string of the molecule is CC(C(=O)O)N1C(=O)C(=O)c2c(F)ccc(F)c21. The van der Waals surface area contributed by atoms with Gasteiger partial charge >= 0.3 is 5.97 Å². The van der Waals surface area contributed by atoms with Crippen LogP contribution in [0.15, 0.2) is 12.1 Å². The minimum Gasteiger partial charge on any atom is -0.480 e. The molecule has 1 amide bonds. The van der Waals surface area contributed by atoms with Gasteiger partial charge in [0.1, 0.15) is 17.7 Å². The van der Waals surface area contributed by atoms with Gasteiger partial charge in [-0.3, -0.25) is 14.5 Å². The number of hydrogen-bond acceptors (Lipinski definition) is 3. The summed E-state index contributed by atoms with van der Waals surface area (Å²) in [4.78, 5) is 34.4. The van der Waals surface area contributed by atoms with E-state index in [1.165, 1.54) is 0 Å². The Bertz CT molecular complexity index is 585. The molecule has 1 atom stereocenters. The van der Waals surface area contributed by atoms with Crippen LogP contribution >= 0.6 is 0 Å². The monoisotopic (exact) mass is 255 g/mol. The number of aliphatic carboxylic acids is 1. The highest BCUT2D eigenvalue weighted by Gasteiger charge is 2.44. The predicted octanol–water partition coefficient (Wildman–Crippen LogP) is 0.967. The Balaban J connectivity index is 2.69. The minimum atomic E-state index is -1.46. The molecule has 1 aliphatic rings. The number of benzene rings is 1. The normalized spacial score (nSPS) is 15.8. The van der Waals surface area contributed by atoms with Crippen molar-refractivity contribution < 1.29 is 28.3 Å². The molecule has 1 N–H and O–H groups in total. The van der Waals surface area contributed by atoms with Crippen molar-refractivity contribution in [2.45, 2.75) is 13.0 Å². The Morgan fingerprint density at radius 2 is 1.83 bits per heavy atom. The molecule has 0 radical (unpaired) electrons. The highest BCUT2D eigenvalue weighted by Crippen LogP contribution is 2.34. The third-order valence-corrected chi connectivity index (χ3v) is 2.70. The van der Waals surface area contributed by atoms with Crippen LogP contribution < -0.4 is 4.90 Å². The first-order chi connectivity index (χ1) is 8.36. The van der Waals surface area contributed by atoms with Crippen molar-refractivity contribution in [1.82, 2.24) is 0 Å². The molecule has 0 fully saturated rings. The van der Waals surface area contributed by atoms with Gasteiger partial charge in [0.15, 0.2) is 0 Å². The quantitative estimate of drug-likeness (QED) is 0.799. The van der Waals surface area contributed by atoms with E-state index in [0.29, 0.717) is 11.0 Å². The summed E-state index contributed by atoms with van der Waals surface area (Å²) in [5.41, 5.74) is -1.33. The van der Waals surface area contributed by atoms with Gasteiger partial charge in [-0.15, -0.1) is 0 Å². The summed E-state index contributed by atoms with van der Waals surface area (Å²) in [5.74, 6) is -5.98. The fraction of sp³-hybridized carbons (Fsp3) is 0.182. The van der Waals surface area contributed by atoms with Crippen LogP contribution in [-0.2, 0) is 9.59 Å². The maximum atomic E-state index is 13.6. The molecular weight excluding hydrogens is 248 g/mol. The lowest BCUT2D eigenvalue weighted by atomic mass is 10.1. The highest BCUT2D eigenvalue weighted by atomic mass is 19.1. The largest absolute Gasteiger partial charge is 0.480 e. The Labute approximate surface area is 99.6 Å². The van der Waals surface area contributed by atoms with Gasteiger partial charge in [-0.25, -0.2) is 13.6 Å². The molecule has 0 saturated heterocycles. The number of halogens is 2. The Morgan fingerprint density at radius 1 is 1.28 bits per heavy atom. The topological polar surface area (TPSA) is 74.7 Å². The number of carboxylic acids is 1. The molecule has 0 aromatic heterocycles. The van der Waals surface area contributed by atoms with Crippen LogP contribution in [0.1, 0.15) is 17.3 Å². The minimum absolute atomic E-state index is 0.457. The Morgan fingerprint density at radius 3 is 2.39 bits per heavy atom. The van der Waals surface area contributed by atoms with Gasteiger partial charge in [0.25, 0.3) is 11.7 Å². The number of carboxylic acid groups (broad SMARTS) is 1. The number of carbonyl (C=O) groups is 3. The van der Waals surface area contributed by atoms with E-state index in [4.69, 9.17) is 5.11 Å². The summed E-state index contributed by atoms with van der Waals surface area (Å²) in [7, 11) is 0. The van der Waals surface area contributed by atoms with E-state index < -0.39 is 46.6 Å². The number of Topliss-reactive ketones (excluding diaryl/α,β-unsaturated/α-hetero) is 1.